The molecule has 312 valence electrons. The van der Waals surface area contributed by atoms with E-state index >= 15 is 0 Å². The molecule has 0 aliphatic carbocycles. The van der Waals surface area contributed by atoms with Gasteiger partial charge in [0.1, 0.15) is 36.3 Å². The van der Waals surface area contributed by atoms with Crippen molar-refractivity contribution >= 4 is 71.6 Å². The highest BCUT2D eigenvalue weighted by Crippen LogP contribution is 1.89. The third-order valence-electron chi connectivity index (χ3n) is 4.27. The zero-order chi connectivity index (χ0) is 44.6. The van der Waals surface area contributed by atoms with Crippen molar-refractivity contribution in [1.29, 1.82) is 0 Å². The van der Waals surface area contributed by atoms with Gasteiger partial charge in [0.05, 0.1) is 38.5 Å². The second-order valence-corrected chi connectivity index (χ2v) is 9.26. The molecule has 0 saturated carbocycles. The fourth-order valence-electron chi connectivity index (χ4n) is 1.65. The van der Waals surface area contributed by atoms with Crippen LogP contribution in [0.2, 0.25) is 0 Å². The summed E-state index contributed by atoms with van der Waals surface area (Å²) in [6, 6.07) is -7.74. The fourth-order valence-corrected chi connectivity index (χ4v) is 1.65. The Kier molecular flexibility index (Phi) is 37.0. The Morgan fingerprint density at radius 3 is 0.333 bits per heavy atom. The molecule has 0 bridgehead atoms. The van der Waals surface area contributed by atoms with Gasteiger partial charge in [-0.15, -0.1) is 0 Å². The van der Waals surface area contributed by atoms with Crippen molar-refractivity contribution in [3.8, 4) is 0 Å². The summed E-state index contributed by atoms with van der Waals surface area (Å²) >= 11 is 0. The van der Waals surface area contributed by atoms with Crippen LogP contribution in [0.5, 0.6) is 0 Å². The van der Waals surface area contributed by atoms with E-state index in [1.54, 1.807) is 0 Å². The molecule has 0 amide bonds. The molecule has 0 fully saturated rings. The number of hydrogen-bond donors (Lipinski definition) is 18. The van der Waals surface area contributed by atoms with Crippen LogP contribution in [0.15, 0.2) is 0 Å². The molecule has 0 aliphatic rings. The zero-order valence-electron chi connectivity index (χ0n) is 27.4. The van der Waals surface area contributed by atoms with Gasteiger partial charge < -0.3 is 95.7 Å². The van der Waals surface area contributed by atoms with Crippen molar-refractivity contribution in [3.63, 3.8) is 0 Å². The molecule has 0 rings (SSSR count). The van der Waals surface area contributed by atoms with Gasteiger partial charge in [-0.25, -0.2) is 0 Å². The van der Waals surface area contributed by atoms with E-state index in [0.29, 0.717) is 0 Å². The van der Waals surface area contributed by atoms with E-state index in [-0.39, 0.29) is 0 Å². The number of carboxylic acid groups (broad SMARTS) is 12. The first kappa shape index (κ1) is 59.5. The van der Waals surface area contributed by atoms with Crippen molar-refractivity contribution in [3.05, 3.63) is 0 Å². The van der Waals surface area contributed by atoms with Gasteiger partial charge in [0, 0.05) is 0 Å². The number of aliphatic carboxylic acids is 12. The molecule has 0 aromatic heterocycles. The first-order valence-corrected chi connectivity index (χ1v) is 13.4. The highest BCUT2D eigenvalue weighted by molar-refractivity contribution is 5.82. The lowest BCUT2D eigenvalue weighted by Crippen LogP contribution is -2.32. The Morgan fingerprint density at radius 1 is 0.241 bits per heavy atom. The number of nitrogens with two attached hydrogens (primary N) is 6. The molecule has 24 N–H and O–H groups in total. The summed E-state index contributed by atoms with van der Waals surface area (Å²) in [7, 11) is 0. The van der Waals surface area contributed by atoms with Crippen molar-refractivity contribution in [2.24, 2.45) is 34.4 Å². The van der Waals surface area contributed by atoms with Crippen LogP contribution in [0.25, 0.3) is 0 Å². The molecule has 0 radical (unpaired) electrons. The maximum Gasteiger partial charge on any atom is 0.321 e. The average molecular weight is 799 g/mol. The molecule has 30 heteroatoms. The lowest BCUT2D eigenvalue weighted by atomic mass is 10.2. The fraction of sp³-hybridized carbons (Fsp3) is 0.500. The molecule has 54 heavy (non-hydrogen) atoms. The Hall–Kier alpha value is -6.60. The summed E-state index contributed by atoms with van der Waals surface area (Å²) in [5.41, 5.74) is 29.0. The van der Waals surface area contributed by atoms with Gasteiger partial charge >= 0.3 is 71.6 Å². The first-order valence-electron chi connectivity index (χ1n) is 13.4. The summed E-state index contributed by atoms with van der Waals surface area (Å²) in [6.45, 7) is 0. The van der Waals surface area contributed by atoms with Crippen LogP contribution in [0, 0.1) is 0 Å². The topological polar surface area (TPSA) is 604 Å². The van der Waals surface area contributed by atoms with Crippen LogP contribution in [0.4, 0.5) is 0 Å². The smallest absolute Gasteiger partial charge is 0.321 e. The molecule has 0 aromatic carbocycles. The monoisotopic (exact) mass is 798 g/mol. The number of carboxylic acids is 12. The molecular formula is C24H42N6O24. The second kappa shape index (κ2) is 33.5. The largest absolute Gasteiger partial charge is 0.481 e. The van der Waals surface area contributed by atoms with Crippen molar-refractivity contribution in [1.82, 2.24) is 0 Å². The predicted molar refractivity (Wildman–Crippen MR) is 167 cm³/mol. The molecule has 0 heterocycles. The third kappa shape index (κ3) is 52.2. The Labute approximate surface area is 300 Å². The predicted octanol–water partition coefficient (Wildman–Crippen LogP) is -6.76. The van der Waals surface area contributed by atoms with Crippen molar-refractivity contribution in [2.45, 2.75) is 74.8 Å². The van der Waals surface area contributed by atoms with Gasteiger partial charge in [0.2, 0.25) is 0 Å². The zero-order valence-corrected chi connectivity index (χ0v) is 27.4. The summed E-state index contributed by atoms with van der Waals surface area (Å²) in [4.78, 5) is 118. The van der Waals surface area contributed by atoms with Gasteiger partial charge in [-0.2, -0.15) is 0 Å². The van der Waals surface area contributed by atoms with E-state index in [1.807, 2.05) is 0 Å². The van der Waals surface area contributed by atoms with Crippen LogP contribution < -0.4 is 34.4 Å². The lowest BCUT2D eigenvalue weighted by Gasteiger charge is -1.99. The van der Waals surface area contributed by atoms with Crippen molar-refractivity contribution in [2.75, 3.05) is 0 Å². The normalized spacial score (nSPS) is 12.6. The van der Waals surface area contributed by atoms with Crippen LogP contribution in [-0.2, 0) is 57.5 Å². The van der Waals surface area contributed by atoms with E-state index in [2.05, 4.69) is 0 Å². The SMILES string of the molecule is NC(CC(=O)O)C(=O)O.NC(CC(=O)O)C(=O)O.NC(CC(=O)O)C(=O)O.NC(CC(=O)O)C(=O)O.NC(CC(=O)O)C(=O)O.NC(CC(=O)O)C(=O)O. The summed E-state index contributed by atoms with van der Waals surface area (Å²) < 4.78 is 0. The van der Waals surface area contributed by atoms with Crippen LogP contribution in [0.3, 0.4) is 0 Å². The second-order valence-electron chi connectivity index (χ2n) is 9.26. The van der Waals surface area contributed by atoms with E-state index < -0.39 is 146 Å². The maximum atomic E-state index is 9.85. The Bertz CT molecular complexity index is 1040. The quantitative estimate of drug-likeness (QED) is 0.0612. The van der Waals surface area contributed by atoms with Gasteiger partial charge in [-0.1, -0.05) is 0 Å². The van der Waals surface area contributed by atoms with Gasteiger partial charge in [0.25, 0.3) is 0 Å². The van der Waals surface area contributed by atoms with Crippen LogP contribution in [0.1, 0.15) is 38.5 Å². The molecule has 0 saturated heterocycles. The lowest BCUT2D eigenvalue weighted by molar-refractivity contribution is -0.144. The van der Waals surface area contributed by atoms with Gasteiger partial charge in [0.15, 0.2) is 0 Å². The minimum atomic E-state index is -1.29. The summed E-state index contributed by atoms with van der Waals surface area (Å²) in [5.74, 6) is -15.0. The molecule has 0 aliphatic heterocycles. The van der Waals surface area contributed by atoms with Gasteiger partial charge in [-0.3, -0.25) is 57.5 Å². The number of hydrogen-bond acceptors (Lipinski definition) is 18. The summed E-state index contributed by atoms with van der Waals surface area (Å²) in [6.07, 6.45) is -3.19. The van der Waals surface area contributed by atoms with E-state index in [9.17, 15) is 57.5 Å². The Morgan fingerprint density at radius 2 is 0.315 bits per heavy atom. The highest BCUT2D eigenvalue weighted by atomic mass is 16.4. The molecule has 6 atom stereocenters. The van der Waals surface area contributed by atoms with Crippen LogP contribution in [-0.4, -0.2) is 169 Å². The van der Waals surface area contributed by atoms with E-state index in [4.69, 9.17) is 95.7 Å². The molecule has 30 nitrogen and oxygen atoms in total. The van der Waals surface area contributed by atoms with Gasteiger partial charge in [-0.05, 0) is 0 Å². The number of carbonyl (C=O) groups is 12. The van der Waals surface area contributed by atoms with Crippen molar-refractivity contribution < 1.29 is 119 Å². The molecule has 0 aromatic rings. The highest BCUT2D eigenvalue weighted by Gasteiger charge is 2.17. The standard InChI is InChI=1S/6C4H7NO4/c6*5-2(4(8)9)1-3(6)7/h6*2H,1,5H2,(H,6,7)(H,8,9). The first-order chi connectivity index (χ1) is 24.2. The molecule has 0 spiro atoms. The Balaban J connectivity index is -0.000000128. The minimum Gasteiger partial charge on any atom is -0.481 e. The third-order valence-corrected chi connectivity index (χ3v) is 4.27. The number of rotatable bonds is 18. The van der Waals surface area contributed by atoms with E-state index in [1.165, 1.54) is 0 Å². The van der Waals surface area contributed by atoms with E-state index in [0.717, 1.165) is 0 Å². The summed E-state index contributed by atoms with van der Waals surface area (Å²) in [5, 5.41) is 96.2. The molecule has 6 unspecified atom stereocenters. The minimum absolute atomic E-state index is 0.532. The average Bonchev–Trinajstić information content (AvgIpc) is 2.96. The molecular weight excluding hydrogens is 756 g/mol. The maximum absolute atomic E-state index is 9.85. The van der Waals surface area contributed by atoms with Crippen LogP contribution >= 0.6 is 0 Å².